The van der Waals surface area contributed by atoms with Crippen molar-refractivity contribution in [3.05, 3.63) is 95.7 Å². The van der Waals surface area contributed by atoms with Crippen LogP contribution < -0.4 is 22.1 Å². The number of H-pyrrole nitrogens is 1. The van der Waals surface area contributed by atoms with Gasteiger partial charge in [0.25, 0.3) is 11.8 Å². The maximum Gasteiger partial charge on any atom is 0.255 e. The molecule has 0 bridgehead atoms. The first-order valence-electron chi connectivity index (χ1n) is 11.3. The third kappa shape index (κ3) is 5.74. The summed E-state index contributed by atoms with van der Waals surface area (Å²) in [6.07, 6.45) is 0. The van der Waals surface area contributed by atoms with Gasteiger partial charge in [-0.3, -0.25) is 9.59 Å². The molecule has 1 aromatic heterocycles. The number of aromatic nitrogens is 2. The number of hydrogen-bond donors (Lipinski definition) is 5. The van der Waals surface area contributed by atoms with Crippen LogP contribution in [0.2, 0.25) is 0 Å². The first-order chi connectivity index (χ1) is 18.6. The number of nitrogens with one attached hydrogen (secondary N) is 3. The normalized spacial score (nSPS) is 11.0. The maximum absolute atomic E-state index is 12.8. The quantitative estimate of drug-likeness (QED) is 0.115. The van der Waals surface area contributed by atoms with Crippen molar-refractivity contribution in [2.24, 2.45) is 0 Å². The number of nitrogen functional groups attached to an aromatic ring is 2. The number of halogens is 4. The fourth-order valence-electron chi connectivity index (χ4n) is 3.80. The summed E-state index contributed by atoms with van der Waals surface area (Å²) in [5.74, 6) is 0.0450. The smallest absolute Gasteiger partial charge is 0.255 e. The Balaban J connectivity index is 1.44. The average molecular weight is 778 g/mol. The van der Waals surface area contributed by atoms with E-state index in [1.165, 1.54) is 0 Å². The van der Waals surface area contributed by atoms with Crippen molar-refractivity contribution in [1.82, 2.24) is 9.97 Å². The van der Waals surface area contributed by atoms with E-state index in [0.29, 0.717) is 63.1 Å². The summed E-state index contributed by atoms with van der Waals surface area (Å²) in [6.45, 7) is 0. The Morgan fingerprint density at radius 2 is 1.15 bits per heavy atom. The zero-order valence-electron chi connectivity index (χ0n) is 19.8. The van der Waals surface area contributed by atoms with Gasteiger partial charge in [-0.25, -0.2) is 4.98 Å². The second-order valence-corrected chi connectivity index (χ2v) is 11.9. The molecule has 2 amide bonds. The highest BCUT2D eigenvalue weighted by atomic mass is 79.9. The third-order valence-corrected chi connectivity index (χ3v) is 8.46. The molecule has 0 aliphatic heterocycles. The van der Waals surface area contributed by atoms with Gasteiger partial charge in [-0.05, 0) is 130 Å². The van der Waals surface area contributed by atoms with Gasteiger partial charge in [0.05, 0.1) is 21.4 Å². The lowest BCUT2D eigenvalue weighted by Gasteiger charge is -2.11. The largest absolute Gasteiger partial charge is 0.399 e. The Bertz CT molecular complexity index is 1730. The van der Waals surface area contributed by atoms with Crippen LogP contribution in [0.1, 0.15) is 20.7 Å². The van der Waals surface area contributed by atoms with Gasteiger partial charge in [-0.1, -0.05) is 0 Å². The number of carbonyl (C=O) groups is 2. The van der Waals surface area contributed by atoms with Gasteiger partial charge in [0.1, 0.15) is 11.3 Å². The van der Waals surface area contributed by atoms with E-state index in [0.717, 1.165) is 11.1 Å². The summed E-state index contributed by atoms with van der Waals surface area (Å²) in [4.78, 5) is 33.6. The minimum atomic E-state index is -0.282. The molecular formula is C27H18Br4N6O2. The van der Waals surface area contributed by atoms with Crippen molar-refractivity contribution in [3.63, 3.8) is 0 Å². The molecule has 5 rings (SSSR count). The zero-order valence-corrected chi connectivity index (χ0v) is 26.1. The van der Waals surface area contributed by atoms with Gasteiger partial charge in [-0.15, -0.1) is 0 Å². The molecule has 39 heavy (non-hydrogen) atoms. The molecule has 0 unspecified atom stereocenters. The number of aromatic amines is 1. The lowest BCUT2D eigenvalue weighted by Crippen LogP contribution is -2.13. The van der Waals surface area contributed by atoms with Crippen LogP contribution >= 0.6 is 63.7 Å². The van der Waals surface area contributed by atoms with Crippen molar-refractivity contribution in [3.8, 4) is 11.4 Å². The Hall–Kier alpha value is -3.19. The Morgan fingerprint density at radius 3 is 1.67 bits per heavy atom. The zero-order chi connectivity index (χ0) is 27.8. The summed E-state index contributed by atoms with van der Waals surface area (Å²) >= 11 is 14.3. The van der Waals surface area contributed by atoms with E-state index in [-0.39, 0.29) is 11.8 Å². The van der Waals surface area contributed by atoms with E-state index in [1.54, 1.807) is 48.5 Å². The van der Waals surface area contributed by atoms with Crippen molar-refractivity contribution in [2.75, 3.05) is 22.1 Å². The summed E-state index contributed by atoms with van der Waals surface area (Å²) < 4.78 is 2.60. The lowest BCUT2D eigenvalue weighted by atomic mass is 10.1. The van der Waals surface area contributed by atoms with Crippen LogP contribution in [0, 0.1) is 0 Å². The van der Waals surface area contributed by atoms with E-state index in [1.807, 2.05) is 18.2 Å². The van der Waals surface area contributed by atoms with Gasteiger partial charge in [0.15, 0.2) is 0 Å². The molecule has 0 aliphatic rings. The predicted molar refractivity (Wildman–Crippen MR) is 170 cm³/mol. The number of rotatable bonds is 5. The van der Waals surface area contributed by atoms with Gasteiger partial charge >= 0.3 is 0 Å². The van der Waals surface area contributed by atoms with Crippen LogP contribution in [0.5, 0.6) is 0 Å². The van der Waals surface area contributed by atoms with E-state index in [9.17, 15) is 9.59 Å². The van der Waals surface area contributed by atoms with Crippen LogP contribution in [0.25, 0.3) is 22.4 Å². The van der Waals surface area contributed by atoms with Crippen molar-refractivity contribution in [2.45, 2.75) is 0 Å². The van der Waals surface area contributed by atoms with E-state index in [4.69, 9.17) is 16.5 Å². The van der Waals surface area contributed by atoms with Crippen LogP contribution in [-0.2, 0) is 0 Å². The van der Waals surface area contributed by atoms with Gasteiger partial charge < -0.3 is 27.1 Å². The number of nitrogens with two attached hydrogens (primary N) is 2. The molecule has 4 aromatic carbocycles. The summed E-state index contributed by atoms with van der Waals surface area (Å²) in [7, 11) is 0. The third-order valence-electron chi connectivity index (χ3n) is 5.81. The minimum absolute atomic E-state index is 0.268. The second kappa shape index (κ2) is 11.1. The topological polar surface area (TPSA) is 139 Å². The highest BCUT2D eigenvalue weighted by Crippen LogP contribution is 2.40. The number of amides is 2. The fraction of sp³-hybridized carbons (Fsp3) is 0. The second-order valence-electron chi connectivity index (χ2n) is 8.50. The SMILES string of the molecule is Nc1ccc(C(=O)Nc2c(Br)cc(-c3nc4c(Br)c(NC(=O)c5ccc(N)cc5)c(Br)cc4[nH]3)cc2Br)cc1. The van der Waals surface area contributed by atoms with E-state index in [2.05, 4.69) is 79.3 Å². The summed E-state index contributed by atoms with van der Waals surface area (Å²) in [5, 5.41) is 5.84. The molecule has 12 heteroatoms. The molecule has 0 spiro atoms. The Morgan fingerprint density at radius 1 is 0.692 bits per heavy atom. The Kier molecular flexibility index (Phi) is 7.81. The highest BCUT2D eigenvalue weighted by molar-refractivity contribution is 9.11. The molecule has 1 heterocycles. The predicted octanol–water partition coefficient (Wildman–Crippen LogP) is 7.95. The van der Waals surface area contributed by atoms with Crippen LogP contribution in [0.3, 0.4) is 0 Å². The molecule has 8 nitrogen and oxygen atoms in total. The number of nitrogens with zero attached hydrogens (tertiary/aromatic N) is 1. The molecule has 0 aliphatic carbocycles. The van der Waals surface area contributed by atoms with Gasteiger partial charge in [0, 0.05) is 41.5 Å². The molecule has 0 fully saturated rings. The standard InChI is InChI=1S/C27H18Br4N6O2/c28-17-9-14(10-18(29)22(17)36-26(38)12-1-5-15(32)6-2-12)25-34-20-11-19(30)23(21(31)24(20)35-25)37-27(39)13-3-7-16(33)8-4-13/h1-11H,32-33H2,(H,34,35)(H,36,38)(H,37,39). The number of anilines is 4. The molecular weight excluding hydrogens is 760 g/mol. The van der Waals surface area contributed by atoms with Crippen molar-refractivity contribution < 1.29 is 9.59 Å². The highest BCUT2D eigenvalue weighted by Gasteiger charge is 2.19. The summed E-state index contributed by atoms with van der Waals surface area (Å²) in [6, 6.07) is 18.9. The summed E-state index contributed by atoms with van der Waals surface area (Å²) in [5.41, 5.74) is 16.9. The average Bonchev–Trinajstić information content (AvgIpc) is 3.33. The number of benzene rings is 4. The number of fused-ring (bicyclic) bond motifs is 1. The molecule has 0 radical (unpaired) electrons. The first-order valence-corrected chi connectivity index (χ1v) is 14.5. The monoisotopic (exact) mass is 774 g/mol. The number of hydrogen-bond acceptors (Lipinski definition) is 5. The van der Waals surface area contributed by atoms with Crippen LogP contribution in [0.15, 0.2) is 84.6 Å². The van der Waals surface area contributed by atoms with Crippen LogP contribution in [-0.4, -0.2) is 21.8 Å². The lowest BCUT2D eigenvalue weighted by molar-refractivity contribution is 0.101. The molecule has 0 saturated heterocycles. The van der Waals surface area contributed by atoms with Gasteiger partial charge in [0.2, 0.25) is 0 Å². The molecule has 0 atom stereocenters. The molecule has 7 N–H and O–H groups in total. The van der Waals surface area contributed by atoms with E-state index >= 15 is 0 Å². The Labute approximate surface area is 256 Å². The number of carbonyl (C=O) groups excluding carboxylic acids is 2. The molecule has 5 aromatic rings. The van der Waals surface area contributed by atoms with Crippen molar-refractivity contribution >= 4 is 109 Å². The van der Waals surface area contributed by atoms with Crippen LogP contribution in [0.4, 0.5) is 22.7 Å². The first kappa shape index (κ1) is 27.4. The van der Waals surface area contributed by atoms with Gasteiger partial charge in [-0.2, -0.15) is 0 Å². The minimum Gasteiger partial charge on any atom is -0.399 e. The fourth-order valence-corrected chi connectivity index (χ4v) is 6.59. The molecule has 196 valence electrons. The van der Waals surface area contributed by atoms with Crippen molar-refractivity contribution in [1.29, 1.82) is 0 Å². The maximum atomic E-state index is 12.8. The number of imidazole rings is 1. The van der Waals surface area contributed by atoms with E-state index < -0.39 is 0 Å². The molecule has 0 saturated carbocycles.